The Balaban J connectivity index is 1.56. The summed E-state index contributed by atoms with van der Waals surface area (Å²) in [6.07, 6.45) is 0. The highest BCUT2D eigenvalue weighted by atomic mass is 32.1. The van der Waals surface area contributed by atoms with E-state index in [0.717, 1.165) is 32.5 Å². The third-order valence-electron chi connectivity index (χ3n) is 4.61. The van der Waals surface area contributed by atoms with Gasteiger partial charge in [-0.05, 0) is 50.1 Å². The molecule has 0 saturated heterocycles. The second-order valence-electron chi connectivity index (χ2n) is 7.07. The van der Waals surface area contributed by atoms with Gasteiger partial charge in [-0.3, -0.25) is 9.59 Å². The Bertz CT molecular complexity index is 1290. The van der Waals surface area contributed by atoms with Gasteiger partial charge in [0, 0.05) is 11.6 Å². The van der Waals surface area contributed by atoms with E-state index < -0.39 is 0 Å². The summed E-state index contributed by atoms with van der Waals surface area (Å²) in [7, 11) is 0. The van der Waals surface area contributed by atoms with E-state index in [-0.39, 0.29) is 18.0 Å². The lowest BCUT2D eigenvalue weighted by Crippen LogP contribution is -2.29. The molecule has 4 rings (SSSR count). The van der Waals surface area contributed by atoms with E-state index in [0.29, 0.717) is 10.8 Å². The van der Waals surface area contributed by atoms with Crippen LogP contribution in [0, 0.1) is 20.8 Å². The van der Waals surface area contributed by atoms with Crippen LogP contribution in [0.15, 0.2) is 53.3 Å². The molecule has 0 atom stereocenters. The Morgan fingerprint density at radius 1 is 1.03 bits per heavy atom. The minimum Gasteiger partial charge on any atom is -0.300 e. The first-order valence-electron chi connectivity index (χ1n) is 9.22. The van der Waals surface area contributed by atoms with Crippen molar-refractivity contribution in [3.05, 3.63) is 75.6 Å². The standard InChI is InChI=1S/C22H20N4O2S/c1-13-4-6-16(15(3)10-13)17-8-9-21(28)26(25-17)12-20(27)24-22-23-18-7-5-14(2)11-19(18)29-22/h4-11H,12H2,1-3H3,(H,23,24,27). The lowest BCUT2D eigenvalue weighted by Gasteiger charge is -2.09. The molecule has 0 radical (unpaired) electrons. The van der Waals surface area contributed by atoms with Gasteiger partial charge < -0.3 is 5.32 Å². The average Bonchev–Trinajstić information content (AvgIpc) is 3.05. The van der Waals surface area contributed by atoms with Gasteiger partial charge in [-0.25, -0.2) is 9.67 Å². The number of carbonyl (C=O) groups is 1. The first-order chi connectivity index (χ1) is 13.9. The van der Waals surface area contributed by atoms with Gasteiger partial charge in [-0.2, -0.15) is 5.10 Å². The highest BCUT2D eigenvalue weighted by Crippen LogP contribution is 2.26. The average molecular weight is 404 g/mol. The Kier molecular flexibility index (Phi) is 4.98. The van der Waals surface area contributed by atoms with E-state index in [9.17, 15) is 9.59 Å². The number of anilines is 1. The Labute approximate surface area is 171 Å². The van der Waals surface area contributed by atoms with Crippen molar-refractivity contribution < 1.29 is 4.79 Å². The fourth-order valence-corrected chi connectivity index (χ4v) is 4.17. The van der Waals surface area contributed by atoms with Crippen LogP contribution in [0.5, 0.6) is 0 Å². The minimum atomic E-state index is -0.340. The summed E-state index contributed by atoms with van der Waals surface area (Å²) in [5.41, 5.74) is 5.47. The van der Waals surface area contributed by atoms with Crippen molar-refractivity contribution in [2.45, 2.75) is 27.3 Å². The zero-order valence-corrected chi connectivity index (χ0v) is 17.2. The Morgan fingerprint density at radius 2 is 1.79 bits per heavy atom. The van der Waals surface area contributed by atoms with Crippen molar-refractivity contribution in [2.24, 2.45) is 0 Å². The molecule has 0 fully saturated rings. The molecule has 0 saturated carbocycles. The Hall–Kier alpha value is -3.32. The number of aromatic nitrogens is 3. The summed E-state index contributed by atoms with van der Waals surface area (Å²) in [6.45, 7) is 5.87. The molecule has 2 aromatic carbocycles. The van der Waals surface area contributed by atoms with Crippen molar-refractivity contribution in [1.82, 2.24) is 14.8 Å². The van der Waals surface area contributed by atoms with Crippen molar-refractivity contribution in [3.8, 4) is 11.3 Å². The number of benzene rings is 2. The third kappa shape index (κ3) is 4.09. The molecule has 29 heavy (non-hydrogen) atoms. The summed E-state index contributed by atoms with van der Waals surface area (Å²) < 4.78 is 2.19. The van der Waals surface area contributed by atoms with Crippen LogP contribution in [0.4, 0.5) is 5.13 Å². The van der Waals surface area contributed by atoms with Crippen molar-refractivity contribution in [1.29, 1.82) is 0 Å². The fraction of sp³-hybridized carbons (Fsp3) is 0.182. The number of thiazole rings is 1. The van der Waals surface area contributed by atoms with Crippen LogP contribution < -0.4 is 10.9 Å². The molecule has 0 aliphatic heterocycles. The first kappa shape index (κ1) is 19.0. The molecule has 2 aromatic heterocycles. The molecule has 146 valence electrons. The normalized spacial score (nSPS) is 11.0. The maximum Gasteiger partial charge on any atom is 0.267 e. The Morgan fingerprint density at radius 3 is 2.59 bits per heavy atom. The maximum atomic E-state index is 12.5. The third-order valence-corrected chi connectivity index (χ3v) is 5.54. The topological polar surface area (TPSA) is 76.9 Å². The fourth-order valence-electron chi connectivity index (χ4n) is 3.19. The second kappa shape index (κ2) is 7.60. The van der Waals surface area contributed by atoms with Gasteiger partial charge in [0.25, 0.3) is 5.56 Å². The molecule has 0 bridgehead atoms. The van der Waals surface area contributed by atoms with E-state index in [2.05, 4.69) is 21.5 Å². The number of hydrogen-bond acceptors (Lipinski definition) is 5. The highest BCUT2D eigenvalue weighted by molar-refractivity contribution is 7.22. The van der Waals surface area contributed by atoms with E-state index in [1.54, 1.807) is 6.07 Å². The number of amides is 1. The van der Waals surface area contributed by atoms with Crippen LogP contribution >= 0.6 is 11.3 Å². The van der Waals surface area contributed by atoms with Crippen LogP contribution in [-0.2, 0) is 11.3 Å². The molecular weight excluding hydrogens is 384 g/mol. The number of carbonyl (C=O) groups excluding carboxylic acids is 1. The van der Waals surface area contributed by atoms with E-state index in [4.69, 9.17) is 0 Å². The smallest absolute Gasteiger partial charge is 0.267 e. The van der Waals surface area contributed by atoms with Crippen molar-refractivity contribution >= 4 is 32.6 Å². The van der Waals surface area contributed by atoms with Gasteiger partial charge in [0.15, 0.2) is 5.13 Å². The van der Waals surface area contributed by atoms with Gasteiger partial charge in [0.1, 0.15) is 6.54 Å². The van der Waals surface area contributed by atoms with Crippen LogP contribution in [-0.4, -0.2) is 20.7 Å². The van der Waals surface area contributed by atoms with Gasteiger partial charge >= 0.3 is 0 Å². The van der Waals surface area contributed by atoms with Crippen molar-refractivity contribution in [3.63, 3.8) is 0 Å². The zero-order valence-electron chi connectivity index (χ0n) is 16.4. The van der Waals surface area contributed by atoms with Crippen LogP contribution in [0.2, 0.25) is 0 Å². The summed E-state index contributed by atoms with van der Waals surface area (Å²) in [5, 5.41) is 7.68. The number of nitrogens with one attached hydrogen (secondary N) is 1. The van der Waals surface area contributed by atoms with Gasteiger partial charge in [0.2, 0.25) is 5.91 Å². The summed E-state index contributed by atoms with van der Waals surface area (Å²) in [5.74, 6) is -0.340. The van der Waals surface area contributed by atoms with Crippen LogP contribution in [0.1, 0.15) is 16.7 Å². The number of nitrogens with zero attached hydrogens (tertiary/aromatic N) is 3. The lowest BCUT2D eigenvalue weighted by atomic mass is 10.0. The minimum absolute atomic E-state index is 0.174. The number of aryl methyl sites for hydroxylation is 3. The largest absolute Gasteiger partial charge is 0.300 e. The molecule has 0 aliphatic rings. The van der Waals surface area contributed by atoms with Gasteiger partial charge in [-0.15, -0.1) is 0 Å². The summed E-state index contributed by atoms with van der Waals surface area (Å²) in [4.78, 5) is 29.1. The summed E-state index contributed by atoms with van der Waals surface area (Å²) in [6, 6.07) is 15.1. The molecule has 0 aliphatic carbocycles. The second-order valence-corrected chi connectivity index (χ2v) is 8.10. The van der Waals surface area contributed by atoms with Crippen LogP contribution in [0.25, 0.3) is 21.5 Å². The first-order valence-corrected chi connectivity index (χ1v) is 10.0. The molecule has 2 heterocycles. The molecule has 1 amide bonds. The number of rotatable bonds is 4. The monoisotopic (exact) mass is 404 g/mol. The molecular formula is C22H20N4O2S. The highest BCUT2D eigenvalue weighted by Gasteiger charge is 2.12. The van der Waals surface area contributed by atoms with Gasteiger partial charge in [0.05, 0.1) is 15.9 Å². The maximum absolute atomic E-state index is 12.5. The molecule has 6 nitrogen and oxygen atoms in total. The number of fused-ring (bicyclic) bond motifs is 1. The van der Waals surface area contributed by atoms with E-state index >= 15 is 0 Å². The molecule has 0 spiro atoms. The molecule has 4 aromatic rings. The lowest BCUT2D eigenvalue weighted by molar-refractivity contribution is -0.117. The number of hydrogen-bond donors (Lipinski definition) is 1. The zero-order chi connectivity index (χ0) is 20.5. The van der Waals surface area contributed by atoms with Crippen LogP contribution in [0.3, 0.4) is 0 Å². The molecule has 1 N–H and O–H groups in total. The predicted molar refractivity (Wildman–Crippen MR) is 116 cm³/mol. The van der Waals surface area contributed by atoms with Crippen molar-refractivity contribution in [2.75, 3.05) is 5.32 Å². The molecule has 7 heteroatoms. The SMILES string of the molecule is Cc1ccc(-c2ccc(=O)n(CC(=O)Nc3nc4ccc(C)cc4s3)n2)c(C)c1. The summed E-state index contributed by atoms with van der Waals surface area (Å²) >= 11 is 1.41. The van der Waals surface area contributed by atoms with E-state index in [1.165, 1.54) is 22.1 Å². The van der Waals surface area contributed by atoms with E-state index in [1.807, 2.05) is 51.1 Å². The quantitative estimate of drug-likeness (QED) is 0.556. The predicted octanol–water partition coefficient (Wildman–Crippen LogP) is 4.08. The van der Waals surface area contributed by atoms with Gasteiger partial charge in [-0.1, -0.05) is 41.2 Å². The molecule has 0 unspecified atom stereocenters.